The molecule has 2 aliphatic carbocycles. The summed E-state index contributed by atoms with van der Waals surface area (Å²) in [6.45, 7) is -0.508. The Labute approximate surface area is 274 Å². The number of nitrogens with zero attached hydrogens (tertiary/aromatic N) is 2. The van der Waals surface area contributed by atoms with Crippen LogP contribution in [0.5, 0.6) is 11.5 Å². The van der Waals surface area contributed by atoms with Crippen LogP contribution in [0.15, 0.2) is 41.2 Å². The lowest BCUT2D eigenvalue weighted by atomic mass is 10.1. The standard InChI is InChI=1S/C28H27ClF4IN5O5S/c1-14-24(44-21-5-3-4-20(23(21)29)39(13-28(31,32)33)45(42,43)37-17-9-10-17)22(26(40)35-16-7-8-16)25(38(2)27(14)41)36-19-11-6-15(34)12-18(19)30/h3-6,11-12,16-17,36-37H,7-10,13H2,1-2H3,(H,35,40). The van der Waals surface area contributed by atoms with E-state index in [1.807, 2.05) is 22.6 Å². The van der Waals surface area contributed by atoms with E-state index >= 15 is 0 Å². The third-order valence-electron chi connectivity index (χ3n) is 7.02. The van der Waals surface area contributed by atoms with Crippen molar-refractivity contribution in [1.29, 1.82) is 0 Å². The van der Waals surface area contributed by atoms with Gasteiger partial charge in [-0.15, -0.1) is 0 Å². The summed E-state index contributed by atoms with van der Waals surface area (Å²) in [6.07, 6.45) is -2.54. The van der Waals surface area contributed by atoms with Gasteiger partial charge < -0.3 is 15.4 Å². The fraction of sp³-hybridized carbons (Fsp3) is 0.357. The highest BCUT2D eigenvalue weighted by Gasteiger charge is 2.40. The van der Waals surface area contributed by atoms with Gasteiger partial charge in [-0.05, 0) is 85.5 Å². The van der Waals surface area contributed by atoms with E-state index in [2.05, 4.69) is 15.4 Å². The molecule has 17 heteroatoms. The number of rotatable bonds is 11. The maximum Gasteiger partial charge on any atom is 0.407 e. The zero-order chi connectivity index (χ0) is 32.8. The second kappa shape index (κ2) is 12.6. The second-order valence-corrected chi connectivity index (χ2v) is 14.0. The van der Waals surface area contributed by atoms with Gasteiger partial charge in [0.2, 0.25) is 0 Å². The van der Waals surface area contributed by atoms with Crippen LogP contribution in [0.4, 0.5) is 34.8 Å². The molecule has 0 unspecified atom stereocenters. The lowest BCUT2D eigenvalue weighted by Crippen LogP contribution is -2.46. The Morgan fingerprint density at radius 3 is 2.42 bits per heavy atom. The molecule has 0 saturated heterocycles. The first-order chi connectivity index (χ1) is 21.1. The highest BCUT2D eigenvalue weighted by molar-refractivity contribution is 14.1. The topological polar surface area (TPSA) is 122 Å². The van der Waals surface area contributed by atoms with Crippen LogP contribution in [0.2, 0.25) is 5.02 Å². The minimum Gasteiger partial charge on any atom is -0.454 e. The number of benzene rings is 2. The largest absolute Gasteiger partial charge is 0.454 e. The van der Waals surface area contributed by atoms with Gasteiger partial charge in [0.15, 0.2) is 5.75 Å². The van der Waals surface area contributed by atoms with E-state index in [9.17, 15) is 35.6 Å². The van der Waals surface area contributed by atoms with Crippen LogP contribution in [-0.2, 0) is 17.3 Å². The van der Waals surface area contributed by atoms with Crippen molar-refractivity contribution in [2.45, 2.75) is 50.9 Å². The Hall–Kier alpha value is -3.09. The summed E-state index contributed by atoms with van der Waals surface area (Å²) in [5.41, 5.74) is -1.48. The van der Waals surface area contributed by atoms with Crippen molar-refractivity contribution >= 4 is 67.5 Å². The molecule has 0 radical (unpaired) electrons. The number of anilines is 3. The molecule has 3 aromatic rings. The van der Waals surface area contributed by atoms with Gasteiger partial charge in [-0.2, -0.15) is 26.3 Å². The van der Waals surface area contributed by atoms with Crippen LogP contribution in [-0.4, -0.2) is 43.7 Å². The average molecular weight is 784 g/mol. The quantitative estimate of drug-likeness (QED) is 0.165. The van der Waals surface area contributed by atoms with E-state index in [-0.39, 0.29) is 44.5 Å². The molecule has 1 heterocycles. The van der Waals surface area contributed by atoms with Gasteiger partial charge in [0.25, 0.3) is 11.5 Å². The Kier molecular flexibility index (Phi) is 9.32. The maximum atomic E-state index is 14.9. The summed E-state index contributed by atoms with van der Waals surface area (Å²) in [5, 5.41) is 5.10. The molecule has 1 amide bonds. The predicted molar refractivity (Wildman–Crippen MR) is 169 cm³/mol. The van der Waals surface area contributed by atoms with E-state index in [0.717, 1.165) is 10.6 Å². The Bertz CT molecular complexity index is 1830. The fourth-order valence-corrected chi connectivity index (χ4v) is 6.70. The van der Waals surface area contributed by atoms with Crippen molar-refractivity contribution in [2.24, 2.45) is 7.05 Å². The highest BCUT2D eigenvalue weighted by Crippen LogP contribution is 2.42. The van der Waals surface area contributed by atoms with Gasteiger partial charge in [0, 0.05) is 22.7 Å². The molecule has 0 atom stereocenters. The first kappa shape index (κ1) is 33.3. The maximum absolute atomic E-state index is 14.9. The molecule has 2 aliphatic rings. The number of hydrogen-bond acceptors (Lipinski definition) is 6. The Morgan fingerprint density at radius 2 is 1.82 bits per heavy atom. The summed E-state index contributed by atoms with van der Waals surface area (Å²) in [5.74, 6) is -2.08. The Morgan fingerprint density at radius 1 is 1.16 bits per heavy atom. The van der Waals surface area contributed by atoms with Crippen LogP contribution in [0.25, 0.3) is 0 Å². The molecule has 0 aliphatic heterocycles. The summed E-state index contributed by atoms with van der Waals surface area (Å²) >= 11 is 8.45. The number of ether oxygens (including phenoxy) is 1. The Balaban J connectivity index is 1.63. The number of aromatic nitrogens is 1. The minimum absolute atomic E-state index is 0.0446. The lowest BCUT2D eigenvalue weighted by molar-refractivity contribution is -0.117. The van der Waals surface area contributed by atoms with Crippen molar-refractivity contribution in [3.63, 3.8) is 0 Å². The molecule has 45 heavy (non-hydrogen) atoms. The van der Waals surface area contributed by atoms with Crippen molar-refractivity contribution in [1.82, 2.24) is 14.6 Å². The molecule has 5 rings (SSSR count). The van der Waals surface area contributed by atoms with Gasteiger partial charge in [0.05, 0.1) is 16.9 Å². The van der Waals surface area contributed by atoms with E-state index in [0.29, 0.717) is 29.3 Å². The predicted octanol–water partition coefficient (Wildman–Crippen LogP) is 5.88. The monoisotopic (exact) mass is 783 g/mol. The SMILES string of the molecule is Cc1c(Oc2cccc(N(CC(F)(F)F)S(=O)(=O)NC3CC3)c2Cl)c(C(=O)NC2CC2)c(Nc2ccc(I)cc2F)n(C)c1=O. The first-order valence-electron chi connectivity index (χ1n) is 13.7. The molecule has 0 spiro atoms. The number of alkyl halides is 3. The summed E-state index contributed by atoms with van der Waals surface area (Å²) in [4.78, 5) is 27.0. The number of hydrogen-bond donors (Lipinski definition) is 3. The van der Waals surface area contributed by atoms with Crippen LogP contribution in [0.3, 0.4) is 0 Å². The molecule has 3 N–H and O–H groups in total. The number of carbonyl (C=O) groups is 1. The third kappa shape index (κ3) is 7.66. The number of amides is 1. The molecule has 0 bridgehead atoms. The second-order valence-electron chi connectivity index (χ2n) is 10.7. The minimum atomic E-state index is -4.93. The molecule has 2 fully saturated rings. The van der Waals surface area contributed by atoms with E-state index in [1.54, 1.807) is 6.07 Å². The summed E-state index contributed by atoms with van der Waals surface area (Å²) in [6, 6.07) is 7.22. The van der Waals surface area contributed by atoms with Crippen molar-refractivity contribution in [2.75, 3.05) is 16.2 Å². The summed E-state index contributed by atoms with van der Waals surface area (Å²) in [7, 11) is -3.32. The van der Waals surface area contributed by atoms with Crippen LogP contribution < -0.4 is 30.0 Å². The van der Waals surface area contributed by atoms with Crippen molar-refractivity contribution in [3.05, 3.63) is 72.3 Å². The zero-order valence-electron chi connectivity index (χ0n) is 23.8. The number of nitrogens with one attached hydrogen (secondary N) is 3. The highest BCUT2D eigenvalue weighted by atomic mass is 127. The normalized spacial score (nSPS) is 15.1. The fourth-order valence-electron chi connectivity index (χ4n) is 4.42. The first-order valence-corrected chi connectivity index (χ1v) is 16.5. The molecule has 2 aromatic carbocycles. The average Bonchev–Trinajstić information content (AvgIpc) is 3.89. The molecular weight excluding hydrogens is 757 g/mol. The summed E-state index contributed by atoms with van der Waals surface area (Å²) < 4.78 is 91.7. The number of halogens is 6. The number of pyridine rings is 1. The van der Waals surface area contributed by atoms with E-state index in [1.165, 1.54) is 38.2 Å². The van der Waals surface area contributed by atoms with Gasteiger partial charge in [0.1, 0.15) is 34.5 Å². The molecule has 2 saturated carbocycles. The molecule has 10 nitrogen and oxygen atoms in total. The van der Waals surface area contributed by atoms with Crippen LogP contribution >= 0.6 is 34.2 Å². The van der Waals surface area contributed by atoms with Crippen LogP contribution in [0.1, 0.15) is 41.6 Å². The van der Waals surface area contributed by atoms with Gasteiger partial charge in [-0.25, -0.2) is 8.70 Å². The smallest absolute Gasteiger partial charge is 0.407 e. The van der Waals surface area contributed by atoms with Gasteiger partial charge in [-0.1, -0.05) is 17.7 Å². The lowest BCUT2D eigenvalue weighted by Gasteiger charge is -2.27. The molecular formula is C28H27ClF4IN5O5S. The van der Waals surface area contributed by atoms with Gasteiger partial charge in [-0.3, -0.25) is 14.2 Å². The van der Waals surface area contributed by atoms with Crippen LogP contribution in [0, 0.1) is 16.3 Å². The van der Waals surface area contributed by atoms with Crippen molar-refractivity contribution in [3.8, 4) is 11.5 Å². The molecule has 1 aromatic heterocycles. The van der Waals surface area contributed by atoms with E-state index in [4.69, 9.17) is 16.3 Å². The third-order valence-corrected chi connectivity index (χ3v) is 9.61. The number of carbonyl (C=O) groups excluding carboxylic acids is 1. The van der Waals surface area contributed by atoms with Gasteiger partial charge >= 0.3 is 16.4 Å². The van der Waals surface area contributed by atoms with Crippen molar-refractivity contribution < 1.29 is 35.5 Å². The zero-order valence-corrected chi connectivity index (χ0v) is 27.5. The van der Waals surface area contributed by atoms with E-state index < -0.39 is 57.0 Å². The molecule has 242 valence electrons.